The summed E-state index contributed by atoms with van der Waals surface area (Å²) in [6.07, 6.45) is 0. The third-order valence-corrected chi connectivity index (χ3v) is 9.68. The molecule has 0 radical (unpaired) electrons. The van der Waals surface area contributed by atoms with Gasteiger partial charge in [-0.25, -0.2) is 4.85 Å². The molecule has 1 aliphatic rings. The van der Waals surface area contributed by atoms with Gasteiger partial charge in [0.05, 0.1) is 18.2 Å². The number of allylic oxidation sites excluding steroid dienone is 2. The Labute approximate surface area is 301 Å². The summed E-state index contributed by atoms with van der Waals surface area (Å²) in [6, 6.07) is 27.7. The van der Waals surface area contributed by atoms with Gasteiger partial charge in [0.2, 0.25) is 11.8 Å². The van der Waals surface area contributed by atoms with Gasteiger partial charge in [-0.15, -0.1) is 0 Å². The predicted molar refractivity (Wildman–Crippen MR) is 213 cm³/mol. The highest BCUT2D eigenvalue weighted by Crippen LogP contribution is 2.55. The van der Waals surface area contributed by atoms with E-state index in [4.69, 9.17) is 12.0 Å². The number of carbonyl (C=O) groups excluding carboxylic acids is 3. The standard InChI is InChI=1S/C43H36N6O3/c1-23(50)46-33-20-36(48(4)5)29-16-25-12-8-10-14-27(25)18-31(29)38(33)41-40(35(22-44)45-3)42(43(41)52)39-32-19-28-15-11-9-13-26(28)17-30(32)37(49(6)7)21-34(39)47-24(2)51/h8-21,41,44H,1-2,4-7H3,(H,46,50)(H,47,51). The highest BCUT2D eigenvalue weighted by Gasteiger charge is 2.46. The topological polar surface area (TPSA) is 110 Å². The maximum atomic E-state index is 15.1. The van der Waals surface area contributed by atoms with Crippen LogP contribution in [0.5, 0.6) is 0 Å². The molecule has 1 unspecified atom stereocenters. The van der Waals surface area contributed by atoms with Gasteiger partial charge in [-0.1, -0.05) is 48.5 Å². The monoisotopic (exact) mass is 684 g/mol. The molecule has 9 heteroatoms. The Morgan fingerprint density at radius 3 is 1.62 bits per heavy atom. The van der Waals surface area contributed by atoms with Crippen molar-refractivity contribution in [2.75, 3.05) is 48.6 Å². The highest BCUT2D eigenvalue weighted by atomic mass is 16.2. The van der Waals surface area contributed by atoms with Crippen LogP contribution >= 0.6 is 0 Å². The van der Waals surface area contributed by atoms with Gasteiger partial charge in [0.1, 0.15) is 0 Å². The summed E-state index contributed by atoms with van der Waals surface area (Å²) in [4.78, 5) is 48.2. The number of hydrogen-bond acceptors (Lipinski definition) is 6. The molecule has 256 valence electrons. The summed E-state index contributed by atoms with van der Waals surface area (Å²) in [5, 5.41) is 21.3. The molecule has 0 heterocycles. The smallest absolute Gasteiger partial charge is 0.251 e. The molecule has 6 aromatic rings. The van der Waals surface area contributed by atoms with E-state index in [9.17, 15) is 9.59 Å². The maximum Gasteiger partial charge on any atom is 0.251 e. The second-order valence-electron chi connectivity index (χ2n) is 13.5. The molecule has 0 aromatic heterocycles. The molecule has 0 fully saturated rings. The summed E-state index contributed by atoms with van der Waals surface area (Å²) < 4.78 is 0. The lowest BCUT2D eigenvalue weighted by molar-refractivity contribution is -0.116. The van der Waals surface area contributed by atoms with Gasteiger partial charge >= 0.3 is 0 Å². The molecule has 1 atom stereocenters. The van der Waals surface area contributed by atoms with E-state index in [1.807, 2.05) is 111 Å². The van der Waals surface area contributed by atoms with Crippen molar-refractivity contribution in [1.29, 1.82) is 5.41 Å². The van der Waals surface area contributed by atoms with E-state index in [0.29, 0.717) is 33.5 Å². The first-order valence-corrected chi connectivity index (χ1v) is 16.8. The van der Waals surface area contributed by atoms with Gasteiger partial charge in [-0.3, -0.25) is 19.8 Å². The minimum absolute atomic E-state index is 0.126. The first-order valence-electron chi connectivity index (χ1n) is 16.8. The van der Waals surface area contributed by atoms with Crippen LogP contribution in [0.15, 0.2) is 96.2 Å². The second-order valence-corrected chi connectivity index (χ2v) is 13.5. The van der Waals surface area contributed by atoms with Crippen LogP contribution in [0.1, 0.15) is 30.9 Å². The van der Waals surface area contributed by atoms with Gasteiger partial charge in [0.25, 0.3) is 5.70 Å². The van der Waals surface area contributed by atoms with Crippen molar-refractivity contribution in [3.8, 4) is 0 Å². The Kier molecular flexibility index (Phi) is 8.34. The number of carbonyl (C=O) groups is 3. The molecule has 0 saturated carbocycles. The van der Waals surface area contributed by atoms with Crippen molar-refractivity contribution < 1.29 is 14.4 Å². The summed E-state index contributed by atoms with van der Waals surface area (Å²) in [6.45, 7) is 11.0. The van der Waals surface area contributed by atoms with Gasteiger partial charge in [0.15, 0.2) is 5.78 Å². The van der Waals surface area contributed by atoms with E-state index in [1.165, 1.54) is 13.8 Å². The Bertz CT molecular complexity index is 2690. The molecule has 0 bridgehead atoms. The number of benzene rings is 6. The van der Waals surface area contributed by atoms with Crippen molar-refractivity contribution in [2.45, 2.75) is 19.8 Å². The normalized spacial score (nSPS) is 13.9. The fourth-order valence-electron chi connectivity index (χ4n) is 7.52. The van der Waals surface area contributed by atoms with E-state index >= 15 is 4.79 Å². The largest absolute Gasteiger partial charge is 0.377 e. The average molecular weight is 685 g/mol. The highest BCUT2D eigenvalue weighted by molar-refractivity contribution is 6.39. The Morgan fingerprint density at radius 2 is 1.15 bits per heavy atom. The Balaban J connectivity index is 1.64. The number of amides is 2. The van der Waals surface area contributed by atoms with Crippen molar-refractivity contribution >= 4 is 94.9 Å². The van der Waals surface area contributed by atoms with E-state index in [2.05, 4.69) is 33.5 Å². The third kappa shape index (κ3) is 5.43. The van der Waals surface area contributed by atoms with Crippen molar-refractivity contribution in [2.24, 2.45) is 0 Å². The van der Waals surface area contributed by atoms with Crippen molar-refractivity contribution in [3.63, 3.8) is 0 Å². The van der Waals surface area contributed by atoms with Gasteiger partial charge in [0, 0.05) is 81.0 Å². The zero-order valence-electron chi connectivity index (χ0n) is 29.7. The average Bonchev–Trinajstić information content (AvgIpc) is 3.11. The second kappa shape index (κ2) is 12.9. The van der Waals surface area contributed by atoms with Gasteiger partial charge in [-0.05, 0) is 85.7 Å². The zero-order chi connectivity index (χ0) is 37.0. The summed E-state index contributed by atoms with van der Waals surface area (Å²) in [5.74, 6) is 0.355. The number of rotatable bonds is 7. The van der Waals surface area contributed by atoms with Crippen LogP contribution in [0.4, 0.5) is 22.7 Å². The van der Waals surface area contributed by atoms with E-state index in [1.54, 1.807) is 0 Å². The predicted octanol–water partition coefficient (Wildman–Crippen LogP) is 8.52. The molecule has 0 saturated heterocycles. The minimum atomic E-state index is -1.02. The minimum Gasteiger partial charge on any atom is -0.377 e. The number of anilines is 4. The molecule has 6 aromatic carbocycles. The van der Waals surface area contributed by atoms with E-state index in [0.717, 1.165) is 49.1 Å². The summed E-state index contributed by atoms with van der Waals surface area (Å²) in [5.41, 5.74) is 3.92. The van der Waals surface area contributed by atoms with Crippen LogP contribution in [0, 0.1) is 12.0 Å². The molecular formula is C43H36N6O3. The maximum absolute atomic E-state index is 15.1. The van der Waals surface area contributed by atoms with Crippen LogP contribution in [0.25, 0.3) is 53.5 Å². The number of fused-ring (bicyclic) bond motifs is 4. The van der Waals surface area contributed by atoms with Crippen LogP contribution < -0.4 is 20.4 Å². The molecule has 7 rings (SSSR count). The summed E-state index contributed by atoms with van der Waals surface area (Å²) in [7, 11) is 7.68. The van der Waals surface area contributed by atoms with Gasteiger partial charge < -0.3 is 20.4 Å². The third-order valence-electron chi connectivity index (χ3n) is 9.68. The van der Waals surface area contributed by atoms with Crippen molar-refractivity contribution in [1.82, 2.24) is 0 Å². The lowest BCUT2D eigenvalue weighted by Gasteiger charge is -2.36. The quantitative estimate of drug-likeness (QED) is 0.0888. The first-order chi connectivity index (χ1) is 24.9. The SMILES string of the molecule is [C-]#[N+]C(=C=N)C1=C(c2c(NC(C)=O)cc(N(C)C)c3cc4ccccc4cc23)C(=O)C1c1c(NC(C)=O)cc(N(C)C)c2cc3ccccc3cc12. The number of nitrogens with one attached hydrogen (secondary N) is 3. The lowest BCUT2D eigenvalue weighted by atomic mass is 9.66. The van der Waals surface area contributed by atoms with Crippen LogP contribution in [-0.2, 0) is 14.4 Å². The van der Waals surface area contributed by atoms with Crippen LogP contribution in [-0.4, -0.2) is 51.7 Å². The number of ketones is 1. The molecule has 52 heavy (non-hydrogen) atoms. The lowest BCUT2D eigenvalue weighted by Crippen LogP contribution is -2.31. The molecule has 2 amide bonds. The molecule has 9 nitrogen and oxygen atoms in total. The molecular weight excluding hydrogens is 649 g/mol. The molecule has 0 aliphatic heterocycles. The number of hydrogen-bond donors (Lipinski definition) is 3. The molecule has 3 N–H and O–H groups in total. The molecule has 1 aliphatic carbocycles. The Morgan fingerprint density at radius 1 is 0.712 bits per heavy atom. The summed E-state index contributed by atoms with van der Waals surface area (Å²) >= 11 is 0. The Hall–Kier alpha value is -6.75. The first kappa shape index (κ1) is 33.7. The zero-order valence-corrected chi connectivity index (χ0v) is 29.7. The van der Waals surface area contributed by atoms with Crippen molar-refractivity contribution in [3.05, 3.63) is 119 Å². The van der Waals surface area contributed by atoms with E-state index < -0.39 is 5.92 Å². The fourth-order valence-corrected chi connectivity index (χ4v) is 7.52. The molecule has 0 spiro atoms. The van der Waals surface area contributed by atoms with Crippen LogP contribution in [0.2, 0.25) is 0 Å². The number of nitrogens with zero attached hydrogens (tertiary/aromatic N) is 3. The number of Topliss-reactive ketones (excluding diaryl/α,β-unsaturated/α-hetero) is 1. The van der Waals surface area contributed by atoms with Gasteiger partial charge in [-0.2, -0.15) is 0 Å². The fraction of sp³-hybridized carbons (Fsp3) is 0.163. The van der Waals surface area contributed by atoms with Crippen LogP contribution in [0.3, 0.4) is 0 Å². The van der Waals surface area contributed by atoms with E-state index in [-0.39, 0.29) is 28.9 Å².